The average molecular weight is 332 g/mol. The molecule has 0 saturated carbocycles. The molecule has 0 N–H and O–H groups in total. The van der Waals surface area contributed by atoms with Gasteiger partial charge in [-0.25, -0.2) is 0 Å². The number of nitrogens with zero attached hydrogens (tertiary/aromatic N) is 2. The van der Waals surface area contributed by atoms with Crippen LogP contribution in [0.15, 0.2) is 24.3 Å². The highest BCUT2D eigenvalue weighted by Gasteiger charge is 2.29. The summed E-state index contributed by atoms with van der Waals surface area (Å²) in [5.74, 6) is 0.0329. The van der Waals surface area contributed by atoms with Gasteiger partial charge >= 0.3 is 0 Å². The van der Waals surface area contributed by atoms with Crippen LogP contribution in [0.4, 0.5) is 5.69 Å². The lowest BCUT2D eigenvalue weighted by molar-refractivity contribution is -0.384. The predicted octanol–water partition coefficient (Wildman–Crippen LogP) is 3.80. The van der Waals surface area contributed by atoms with Gasteiger partial charge in [0.15, 0.2) is 0 Å². The molecule has 1 heterocycles. The van der Waals surface area contributed by atoms with E-state index in [1.165, 1.54) is 17.0 Å². The lowest BCUT2D eigenvalue weighted by Crippen LogP contribution is -2.30. The Bertz CT molecular complexity index is 582. The smallest absolute Gasteiger partial charge is 0.269 e. The second kappa shape index (κ2) is 8.57. The van der Waals surface area contributed by atoms with Crippen LogP contribution >= 0.6 is 0 Å². The van der Waals surface area contributed by atoms with Crippen LogP contribution in [0.3, 0.4) is 0 Å². The summed E-state index contributed by atoms with van der Waals surface area (Å²) in [4.78, 5) is 35.2. The van der Waals surface area contributed by atoms with Gasteiger partial charge < -0.3 is 0 Å². The van der Waals surface area contributed by atoms with Crippen LogP contribution in [-0.2, 0) is 9.59 Å². The lowest BCUT2D eigenvalue weighted by Gasteiger charge is -2.21. The second-order valence-electron chi connectivity index (χ2n) is 6.27. The molecule has 0 aliphatic carbocycles. The van der Waals surface area contributed by atoms with Crippen molar-refractivity contribution in [1.82, 2.24) is 4.90 Å². The highest BCUT2D eigenvalue weighted by atomic mass is 16.6. The number of hydrogen-bond acceptors (Lipinski definition) is 4. The molecule has 0 radical (unpaired) electrons. The van der Waals surface area contributed by atoms with Crippen LogP contribution in [0.1, 0.15) is 63.4 Å². The SMILES string of the molecule is CCCCCC(CCN1C(=O)CCC1=O)c1ccc([N+](=O)[O-])cc1. The fourth-order valence-electron chi connectivity index (χ4n) is 3.14. The highest BCUT2D eigenvalue weighted by molar-refractivity contribution is 6.01. The van der Waals surface area contributed by atoms with Crippen LogP contribution in [0.2, 0.25) is 0 Å². The zero-order valence-corrected chi connectivity index (χ0v) is 14.1. The molecule has 1 unspecified atom stereocenters. The zero-order valence-electron chi connectivity index (χ0n) is 14.1. The Kier molecular flexibility index (Phi) is 6.46. The molecule has 1 atom stereocenters. The van der Waals surface area contributed by atoms with E-state index in [2.05, 4.69) is 6.92 Å². The van der Waals surface area contributed by atoms with E-state index in [1.54, 1.807) is 12.1 Å². The summed E-state index contributed by atoms with van der Waals surface area (Å²) in [5.41, 5.74) is 1.12. The number of carbonyl (C=O) groups is 2. The molecule has 130 valence electrons. The van der Waals surface area contributed by atoms with Crippen molar-refractivity contribution < 1.29 is 14.5 Å². The number of nitro benzene ring substituents is 1. The highest BCUT2D eigenvalue weighted by Crippen LogP contribution is 2.28. The van der Waals surface area contributed by atoms with E-state index in [1.807, 2.05) is 0 Å². The van der Waals surface area contributed by atoms with Gasteiger partial charge in [0, 0.05) is 31.5 Å². The topological polar surface area (TPSA) is 80.5 Å². The minimum absolute atomic E-state index is 0.0796. The van der Waals surface area contributed by atoms with Crippen molar-refractivity contribution >= 4 is 17.5 Å². The van der Waals surface area contributed by atoms with Crippen LogP contribution < -0.4 is 0 Å². The van der Waals surface area contributed by atoms with Crippen molar-refractivity contribution in [2.24, 2.45) is 0 Å². The van der Waals surface area contributed by atoms with Crippen molar-refractivity contribution in [1.29, 1.82) is 0 Å². The third kappa shape index (κ3) is 4.63. The number of benzene rings is 1. The van der Waals surface area contributed by atoms with Crippen LogP contribution in [0, 0.1) is 10.1 Å². The molecule has 6 nitrogen and oxygen atoms in total. The fourth-order valence-corrected chi connectivity index (χ4v) is 3.14. The number of carbonyl (C=O) groups excluding carboxylic acids is 2. The first kappa shape index (κ1) is 18.1. The molecule has 1 aliphatic rings. The standard InChI is InChI=1S/C18H24N2O4/c1-2-3-4-5-14(12-13-19-17(21)10-11-18(19)22)15-6-8-16(9-7-15)20(23)24/h6-9,14H,2-5,10-13H2,1H3. The molecule has 1 aromatic rings. The van der Waals surface area contributed by atoms with E-state index >= 15 is 0 Å². The zero-order chi connectivity index (χ0) is 17.5. The van der Waals surface area contributed by atoms with E-state index in [-0.39, 0.29) is 23.4 Å². The Morgan fingerprint density at radius 3 is 2.25 bits per heavy atom. The fraction of sp³-hybridized carbons (Fsp3) is 0.556. The molecule has 1 aromatic carbocycles. The molecule has 0 spiro atoms. The maximum absolute atomic E-state index is 11.7. The first-order valence-corrected chi connectivity index (χ1v) is 8.60. The summed E-state index contributed by atoms with van der Waals surface area (Å²) < 4.78 is 0. The molecule has 2 rings (SSSR count). The normalized spacial score (nSPS) is 15.8. The Labute approximate surface area is 142 Å². The van der Waals surface area contributed by atoms with Crippen molar-refractivity contribution in [2.45, 2.75) is 57.8 Å². The Morgan fingerprint density at radius 2 is 1.71 bits per heavy atom. The summed E-state index contributed by atoms with van der Waals surface area (Å²) >= 11 is 0. The van der Waals surface area contributed by atoms with Gasteiger partial charge in [-0.3, -0.25) is 24.6 Å². The molecule has 2 amide bonds. The first-order chi connectivity index (χ1) is 11.5. The third-order valence-electron chi connectivity index (χ3n) is 4.59. The molecule has 24 heavy (non-hydrogen) atoms. The van der Waals surface area contributed by atoms with Crippen LogP contribution in [0.25, 0.3) is 0 Å². The lowest BCUT2D eigenvalue weighted by atomic mass is 9.90. The van der Waals surface area contributed by atoms with Gasteiger partial charge in [-0.2, -0.15) is 0 Å². The summed E-state index contributed by atoms with van der Waals surface area (Å²) in [6, 6.07) is 6.63. The molecule has 1 fully saturated rings. The summed E-state index contributed by atoms with van der Waals surface area (Å²) in [6.45, 7) is 2.58. The molecule has 0 bridgehead atoms. The Hall–Kier alpha value is -2.24. The van der Waals surface area contributed by atoms with E-state index in [9.17, 15) is 19.7 Å². The van der Waals surface area contributed by atoms with Crippen LogP contribution in [-0.4, -0.2) is 28.2 Å². The Balaban J connectivity index is 2.04. The summed E-state index contributed by atoms with van der Waals surface area (Å²) in [6.07, 6.45) is 5.62. The van der Waals surface area contributed by atoms with Gasteiger partial charge in [0.2, 0.25) is 11.8 Å². The minimum Gasteiger partial charge on any atom is -0.283 e. The van der Waals surface area contributed by atoms with E-state index in [0.29, 0.717) is 25.8 Å². The maximum Gasteiger partial charge on any atom is 0.269 e. The van der Waals surface area contributed by atoms with Gasteiger partial charge in [-0.05, 0) is 24.3 Å². The largest absolute Gasteiger partial charge is 0.283 e. The molecule has 1 aliphatic heterocycles. The number of imide groups is 1. The minimum atomic E-state index is -0.405. The van der Waals surface area contributed by atoms with Gasteiger partial charge in [0.1, 0.15) is 0 Å². The van der Waals surface area contributed by atoms with Crippen molar-refractivity contribution in [3.8, 4) is 0 Å². The van der Waals surface area contributed by atoms with Crippen molar-refractivity contribution in [3.05, 3.63) is 39.9 Å². The van der Waals surface area contributed by atoms with Crippen molar-refractivity contribution in [2.75, 3.05) is 6.54 Å². The Morgan fingerprint density at radius 1 is 1.08 bits per heavy atom. The number of nitro groups is 1. The molecular weight excluding hydrogens is 308 g/mol. The van der Waals surface area contributed by atoms with Gasteiger partial charge in [0.25, 0.3) is 5.69 Å². The van der Waals surface area contributed by atoms with E-state index in [4.69, 9.17) is 0 Å². The molecule has 6 heteroatoms. The van der Waals surface area contributed by atoms with Crippen LogP contribution in [0.5, 0.6) is 0 Å². The van der Waals surface area contributed by atoms with Gasteiger partial charge in [-0.15, -0.1) is 0 Å². The summed E-state index contributed by atoms with van der Waals surface area (Å²) in [7, 11) is 0. The number of non-ortho nitro benzene ring substituents is 1. The third-order valence-corrected chi connectivity index (χ3v) is 4.59. The van der Waals surface area contributed by atoms with Gasteiger partial charge in [-0.1, -0.05) is 38.3 Å². The average Bonchev–Trinajstić information content (AvgIpc) is 2.89. The monoisotopic (exact) mass is 332 g/mol. The number of likely N-dealkylation sites (tertiary alicyclic amines) is 1. The van der Waals surface area contributed by atoms with E-state index in [0.717, 1.165) is 31.2 Å². The maximum atomic E-state index is 11.7. The number of amides is 2. The number of unbranched alkanes of at least 4 members (excludes halogenated alkanes) is 2. The number of hydrogen-bond donors (Lipinski definition) is 0. The molecule has 1 saturated heterocycles. The first-order valence-electron chi connectivity index (χ1n) is 8.60. The summed E-state index contributed by atoms with van der Waals surface area (Å²) in [5, 5.41) is 10.8. The molecular formula is C18H24N2O4. The second-order valence-corrected chi connectivity index (χ2v) is 6.27. The molecule has 0 aromatic heterocycles. The predicted molar refractivity (Wildman–Crippen MR) is 90.6 cm³/mol. The van der Waals surface area contributed by atoms with Gasteiger partial charge in [0.05, 0.1) is 4.92 Å². The number of rotatable bonds is 9. The van der Waals surface area contributed by atoms with E-state index < -0.39 is 4.92 Å². The quantitative estimate of drug-likeness (QED) is 0.298. The van der Waals surface area contributed by atoms with Crippen molar-refractivity contribution in [3.63, 3.8) is 0 Å².